The fraction of sp³-hybridized carbons (Fsp3) is 0.0526. The molecule has 0 amide bonds. The van der Waals surface area contributed by atoms with Crippen LogP contribution in [-0.2, 0) is 7.05 Å². The van der Waals surface area contributed by atoms with Gasteiger partial charge in [-0.25, -0.2) is 9.18 Å². The second-order valence-electron chi connectivity index (χ2n) is 5.48. The summed E-state index contributed by atoms with van der Waals surface area (Å²) in [6.45, 7) is 0. The maximum Gasteiger partial charge on any atom is 0.353 e. The van der Waals surface area contributed by atoms with Crippen molar-refractivity contribution in [1.29, 1.82) is 0 Å². The number of benzene rings is 2. The Bertz CT molecular complexity index is 1070. The minimum Gasteiger partial charge on any atom is -0.422 e. The zero-order valence-corrected chi connectivity index (χ0v) is 14.1. The van der Waals surface area contributed by atoms with Crippen LogP contribution >= 0.6 is 11.3 Å². The smallest absolute Gasteiger partial charge is 0.353 e. The highest BCUT2D eigenvalue weighted by atomic mass is 32.1. The largest absolute Gasteiger partial charge is 0.422 e. The fourth-order valence-electron chi connectivity index (χ4n) is 2.64. The first-order valence-electron chi connectivity index (χ1n) is 7.62. The molecule has 0 bridgehead atoms. The number of fused-ring (bicyclic) bond motifs is 1. The van der Waals surface area contributed by atoms with Gasteiger partial charge in [-0.3, -0.25) is 4.68 Å². The van der Waals surface area contributed by atoms with Gasteiger partial charge in [0.2, 0.25) is 0 Å². The second-order valence-corrected chi connectivity index (χ2v) is 6.51. The van der Waals surface area contributed by atoms with Crippen LogP contribution in [-0.4, -0.2) is 15.7 Å². The second kappa shape index (κ2) is 6.14. The van der Waals surface area contributed by atoms with Gasteiger partial charge < -0.3 is 4.74 Å². The number of aromatic nitrogens is 2. The molecule has 25 heavy (non-hydrogen) atoms. The molecule has 0 N–H and O–H groups in total. The summed E-state index contributed by atoms with van der Waals surface area (Å²) in [5.74, 6) is -0.300. The third kappa shape index (κ3) is 2.81. The van der Waals surface area contributed by atoms with Crippen LogP contribution < -0.4 is 4.74 Å². The average molecular weight is 352 g/mol. The van der Waals surface area contributed by atoms with Gasteiger partial charge in [0.15, 0.2) is 0 Å². The summed E-state index contributed by atoms with van der Waals surface area (Å²) in [5.41, 5.74) is 0.930. The number of halogens is 1. The third-order valence-electron chi connectivity index (χ3n) is 3.80. The first-order chi connectivity index (χ1) is 12.1. The number of ether oxygens (including phenoxy) is 1. The molecule has 0 aliphatic heterocycles. The Morgan fingerprint density at radius 1 is 1.12 bits per heavy atom. The number of esters is 1. The van der Waals surface area contributed by atoms with Crippen molar-refractivity contribution < 1.29 is 13.9 Å². The summed E-state index contributed by atoms with van der Waals surface area (Å²) in [7, 11) is 1.77. The molecule has 2 aromatic heterocycles. The van der Waals surface area contributed by atoms with E-state index >= 15 is 0 Å². The Labute approximate surface area is 147 Å². The number of thiophene rings is 1. The van der Waals surface area contributed by atoms with Crippen LogP contribution in [0.3, 0.4) is 0 Å². The molecule has 2 aromatic carbocycles. The molecule has 124 valence electrons. The maximum absolute atomic E-state index is 14.1. The molecule has 0 unspecified atom stereocenters. The SMILES string of the molecule is Cn1nc(-c2ccccc2F)c2cc(C(=O)Oc3ccccc3)sc21. The summed E-state index contributed by atoms with van der Waals surface area (Å²) in [6, 6.07) is 17.1. The fourth-order valence-corrected chi connectivity index (χ4v) is 3.59. The lowest BCUT2D eigenvalue weighted by molar-refractivity contribution is 0.0740. The molecule has 0 aliphatic rings. The molecule has 4 nitrogen and oxygen atoms in total. The quantitative estimate of drug-likeness (QED) is 0.398. The first kappa shape index (κ1) is 15.5. The van der Waals surface area contributed by atoms with E-state index in [4.69, 9.17) is 4.74 Å². The van der Waals surface area contributed by atoms with E-state index in [-0.39, 0.29) is 5.82 Å². The number of rotatable bonds is 3. The molecule has 0 radical (unpaired) electrons. The number of hydrogen-bond acceptors (Lipinski definition) is 4. The van der Waals surface area contributed by atoms with Crippen LogP contribution in [0, 0.1) is 5.82 Å². The van der Waals surface area contributed by atoms with E-state index in [0.717, 1.165) is 10.2 Å². The van der Waals surface area contributed by atoms with E-state index in [1.54, 1.807) is 60.3 Å². The standard InChI is InChI=1S/C19H13FN2O2S/c1-22-18-14(17(21-22)13-9-5-6-10-15(13)20)11-16(25-18)19(23)24-12-7-3-2-4-8-12/h2-11H,1H3. The normalized spacial score (nSPS) is 11.0. The van der Waals surface area contributed by atoms with Gasteiger partial charge in [-0.15, -0.1) is 11.3 Å². The Kier molecular flexibility index (Phi) is 3.82. The van der Waals surface area contributed by atoms with Crippen molar-refractivity contribution in [3.8, 4) is 17.0 Å². The van der Waals surface area contributed by atoms with Crippen LogP contribution in [0.5, 0.6) is 5.75 Å². The highest BCUT2D eigenvalue weighted by molar-refractivity contribution is 7.20. The van der Waals surface area contributed by atoms with E-state index in [0.29, 0.717) is 21.9 Å². The van der Waals surface area contributed by atoms with E-state index < -0.39 is 5.97 Å². The summed E-state index contributed by atoms with van der Waals surface area (Å²) in [6.07, 6.45) is 0. The molecule has 0 fully saturated rings. The molecule has 6 heteroatoms. The van der Waals surface area contributed by atoms with Gasteiger partial charge in [-0.1, -0.05) is 30.3 Å². The molecule has 0 saturated heterocycles. The van der Waals surface area contributed by atoms with Crippen molar-refractivity contribution in [2.75, 3.05) is 0 Å². The van der Waals surface area contributed by atoms with Crippen molar-refractivity contribution in [2.45, 2.75) is 0 Å². The number of para-hydroxylation sites is 1. The minimum absolute atomic E-state index is 0.345. The first-order valence-corrected chi connectivity index (χ1v) is 8.44. The molecule has 2 heterocycles. The topological polar surface area (TPSA) is 44.1 Å². The van der Waals surface area contributed by atoms with E-state index in [1.165, 1.54) is 17.4 Å². The third-order valence-corrected chi connectivity index (χ3v) is 4.98. The monoisotopic (exact) mass is 352 g/mol. The summed E-state index contributed by atoms with van der Waals surface area (Å²) in [4.78, 5) is 13.6. The zero-order chi connectivity index (χ0) is 17.4. The van der Waals surface area contributed by atoms with Crippen molar-refractivity contribution in [3.63, 3.8) is 0 Å². The van der Waals surface area contributed by atoms with Crippen LogP contribution in [0.4, 0.5) is 4.39 Å². The van der Waals surface area contributed by atoms with Gasteiger partial charge in [-0.2, -0.15) is 5.10 Å². The summed E-state index contributed by atoms with van der Waals surface area (Å²) < 4.78 is 21.2. The Balaban J connectivity index is 1.75. The Morgan fingerprint density at radius 3 is 2.60 bits per heavy atom. The number of nitrogens with zero attached hydrogens (tertiary/aromatic N) is 2. The van der Waals surface area contributed by atoms with Crippen LogP contribution in [0.25, 0.3) is 21.5 Å². The van der Waals surface area contributed by atoms with Gasteiger partial charge in [0.25, 0.3) is 0 Å². The lowest BCUT2D eigenvalue weighted by Crippen LogP contribution is -2.06. The zero-order valence-electron chi connectivity index (χ0n) is 13.3. The molecule has 4 aromatic rings. The number of hydrogen-bond donors (Lipinski definition) is 0. The van der Waals surface area contributed by atoms with Crippen LogP contribution in [0.15, 0.2) is 60.7 Å². The van der Waals surface area contributed by atoms with Gasteiger partial charge >= 0.3 is 5.97 Å². The summed E-state index contributed by atoms with van der Waals surface area (Å²) >= 11 is 1.28. The maximum atomic E-state index is 14.1. The number of carbonyl (C=O) groups is 1. The molecule has 0 aliphatic carbocycles. The number of carbonyl (C=O) groups excluding carboxylic acids is 1. The lowest BCUT2D eigenvalue weighted by Gasteiger charge is -2.01. The van der Waals surface area contributed by atoms with Gasteiger partial charge in [0.1, 0.15) is 27.0 Å². The van der Waals surface area contributed by atoms with Gasteiger partial charge in [-0.05, 0) is 30.3 Å². The Morgan fingerprint density at radius 2 is 1.84 bits per heavy atom. The van der Waals surface area contributed by atoms with Crippen molar-refractivity contribution >= 4 is 27.5 Å². The molecular formula is C19H13FN2O2S. The van der Waals surface area contributed by atoms with Gasteiger partial charge in [0, 0.05) is 18.0 Å². The highest BCUT2D eigenvalue weighted by Crippen LogP contribution is 2.35. The van der Waals surface area contributed by atoms with Crippen LogP contribution in [0.1, 0.15) is 9.67 Å². The molecule has 0 spiro atoms. The van der Waals surface area contributed by atoms with E-state index in [2.05, 4.69) is 5.10 Å². The van der Waals surface area contributed by atoms with E-state index in [9.17, 15) is 9.18 Å². The highest BCUT2D eigenvalue weighted by Gasteiger charge is 2.20. The Hall–Kier alpha value is -2.99. The van der Waals surface area contributed by atoms with E-state index in [1.807, 2.05) is 6.07 Å². The van der Waals surface area contributed by atoms with Crippen LogP contribution in [0.2, 0.25) is 0 Å². The minimum atomic E-state index is -0.438. The predicted molar refractivity (Wildman–Crippen MR) is 95.4 cm³/mol. The average Bonchev–Trinajstić information content (AvgIpc) is 3.17. The lowest BCUT2D eigenvalue weighted by atomic mass is 10.1. The van der Waals surface area contributed by atoms with Crippen molar-refractivity contribution in [1.82, 2.24) is 9.78 Å². The summed E-state index contributed by atoms with van der Waals surface area (Å²) in [5, 5.41) is 5.13. The predicted octanol–water partition coefficient (Wildman–Crippen LogP) is 4.66. The van der Waals surface area contributed by atoms with Crippen molar-refractivity contribution in [2.24, 2.45) is 7.05 Å². The number of aryl methyl sites for hydroxylation is 1. The molecule has 4 rings (SSSR count). The molecular weight excluding hydrogens is 339 g/mol. The van der Waals surface area contributed by atoms with Gasteiger partial charge in [0.05, 0.1) is 0 Å². The van der Waals surface area contributed by atoms with Crippen molar-refractivity contribution in [3.05, 3.63) is 71.4 Å². The molecule has 0 atom stereocenters. The molecule has 0 saturated carbocycles.